The summed E-state index contributed by atoms with van der Waals surface area (Å²) in [6, 6.07) is 9.16. The standard InChI is InChI=1S/C20H25FN4O/c21-19-4-2-1-3-16(19)12-24-13-17(25-18(14-24)8-10-23-25)7-9-22-20(26)11-15-5-6-15/h1-4,8,10,15,17H,5-7,9,11-14H2,(H,22,26)/t17-/m1/s1. The number of hydrogen-bond donors (Lipinski definition) is 1. The lowest BCUT2D eigenvalue weighted by Crippen LogP contribution is -2.39. The van der Waals surface area contributed by atoms with Crippen molar-refractivity contribution < 1.29 is 9.18 Å². The van der Waals surface area contributed by atoms with E-state index < -0.39 is 0 Å². The van der Waals surface area contributed by atoms with Gasteiger partial charge < -0.3 is 5.32 Å². The van der Waals surface area contributed by atoms with Gasteiger partial charge in [-0.3, -0.25) is 14.4 Å². The molecule has 5 nitrogen and oxygen atoms in total. The van der Waals surface area contributed by atoms with E-state index in [1.165, 1.54) is 18.9 Å². The Morgan fingerprint density at radius 2 is 2.12 bits per heavy atom. The number of rotatable bonds is 7. The molecule has 138 valence electrons. The van der Waals surface area contributed by atoms with Gasteiger partial charge in [-0.2, -0.15) is 5.10 Å². The highest BCUT2D eigenvalue weighted by Gasteiger charge is 2.27. The molecule has 2 heterocycles. The SMILES string of the molecule is O=C(CC1CC1)NCC[C@@H]1CN(Cc2ccccc2F)Cc2ccnn21. The van der Waals surface area contributed by atoms with Crippen molar-refractivity contribution in [2.24, 2.45) is 5.92 Å². The van der Waals surface area contributed by atoms with Crippen molar-refractivity contribution in [1.29, 1.82) is 0 Å². The molecule has 0 radical (unpaired) electrons. The zero-order valence-electron chi connectivity index (χ0n) is 14.9. The Kier molecular flexibility index (Phi) is 5.02. The van der Waals surface area contributed by atoms with Gasteiger partial charge in [0.1, 0.15) is 5.82 Å². The minimum absolute atomic E-state index is 0.157. The van der Waals surface area contributed by atoms with Gasteiger partial charge in [-0.05, 0) is 37.3 Å². The number of benzene rings is 1. The van der Waals surface area contributed by atoms with E-state index in [2.05, 4.69) is 20.0 Å². The minimum atomic E-state index is -0.157. The predicted molar refractivity (Wildman–Crippen MR) is 96.7 cm³/mol. The summed E-state index contributed by atoms with van der Waals surface area (Å²) in [6.45, 7) is 2.81. The van der Waals surface area contributed by atoms with Gasteiger partial charge in [-0.1, -0.05) is 18.2 Å². The summed E-state index contributed by atoms with van der Waals surface area (Å²) in [6.07, 6.45) is 5.70. The third-order valence-corrected chi connectivity index (χ3v) is 5.28. The highest BCUT2D eigenvalue weighted by molar-refractivity contribution is 5.76. The summed E-state index contributed by atoms with van der Waals surface area (Å²) < 4.78 is 16.0. The summed E-state index contributed by atoms with van der Waals surface area (Å²) >= 11 is 0. The fourth-order valence-corrected chi connectivity index (χ4v) is 3.70. The van der Waals surface area contributed by atoms with Crippen molar-refractivity contribution in [2.75, 3.05) is 13.1 Å². The first-order valence-corrected chi connectivity index (χ1v) is 9.44. The van der Waals surface area contributed by atoms with Crippen molar-refractivity contribution in [3.8, 4) is 0 Å². The van der Waals surface area contributed by atoms with E-state index in [1.807, 2.05) is 24.4 Å². The van der Waals surface area contributed by atoms with Gasteiger partial charge in [-0.15, -0.1) is 0 Å². The first kappa shape index (κ1) is 17.2. The molecule has 1 aromatic carbocycles. The molecule has 0 spiro atoms. The zero-order valence-corrected chi connectivity index (χ0v) is 14.9. The average Bonchev–Trinajstić information content (AvgIpc) is 3.30. The first-order chi connectivity index (χ1) is 12.7. The minimum Gasteiger partial charge on any atom is -0.356 e. The highest BCUT2D eigenvalue weighted by Crippen LogP contribution is 2.32. The van der Waals surface area contributed by atoms with E-state index in [0.29, 0.717) is 25.4 Å². The summed E-state index contributed by atoms with van der Waals surface area (Å²) in [5, 5.41) is 7.50. The Morgan fingerprint density at radius 1 is 1.27 bits per heavy atom. The van der Waals surface area contributed by atoms with Crippen LogP contribution < -0.4 is 5.32 Å². The number of nitrogens with zero attached hydrogens (tertiary/aromatic N) is 3. The molecule has 1 atom stereocenters. The molecule has 1 saturated carbocycles. The molecule has 1 aromatic heterocycles. The molecule has 26 heavy (non-hydrogen) atoms. The van der Waals surface area contributed by atoms with E-state index >= 15 is 0 Å². The summed E-state index contributed by atoms with van der Waals surface area (Å²) in [7, 11) is 0. The van der Waals surface area contributed by atoms with Gasteiger partial charge in [0.25, 0.3) is 0 Å². The lowest BCUT2D eigenvalue weighted by Gasteiger charge is -2.34. The number of fused-ring (bicyclic) bond motifs is 1. The Bertz CT molecular complexity index is 771. The van der Waals surface area contributed by atoms with Crippen LogP contribution >= 0.6 is 0 Å². The molecule has 1 amide bonds. The van der Waals surface area contributed by atoms with E-state index in [9.17, 15) is 9.18 Å². The number of carbonyl (C=O) groups excluding carboxylic acids is 1. The van der Waals surface area contributed by atoms with Gasteiger partial charge in [0.2, 0.25) is 5.91 Å². The largest absolute Gasteiger partial charge is 0.356 e. The van der Waals surface area contributed by atoms with Gasteiger partial charge in [0.05, 0.1) is 11.7 Å². The van der Waals surface area contributed by atoms with Gasteiger partial charge in [0, 0.05) is 44.4 Å². The van der Waals surface area contributed by atoms with E-state index in [-0.39, 0.29) is 17.8 Å². The van der Waals surface area contributed by atoms with Crippen LogP contribution in [0.2, 0.25) is 0 Å². The van der Waals surface area contributed by atoms with Crippen LogP contribution in [0.15, 0.2) is 36.5 Å². The molecule has 1 aliphatic heterocycles. The van der Waals surface area contributed by atoms with Crippen LogP contribution in [-0.4, -0.2) is 33.7 Å². The first-order valence-electron chi connectivity index (χ1n) is 9.44. The molecule has 0 unspecified atom stereocenters. The Hall–Kier alpha value is -2.21. The van der Waals surface area contributed by atoms with Crippen LogP contribution in [0.5, 0.6) is 0 Å². The molecule has 0 bridgehead atoms. The molecule has 4 rings (SSSR count). The fourth-order valence-electron chi connectivity index (χ4n) is 3.70. The van der Waals surface area contributed by atoms with Crippen LogP contribution in [0.25, 0.3) is 0 Å². The molecule has 6 heteroatoms. The summed E-state index contributed by atoms with van der Waals surface area (Å²) in [4.78, 5) is 14.1. The van der Waals surface area contributed by atoms with Crippen molar-refractivity contribution in [1.82, 2.24) is 20.0 Å². The fraction of sp³-hybridized carbons (Fsp3) is 0.500. The lowest BCUT2D eigenvalue weighted by atomic mass is 10.1. The third-order valence-electron chi connectivity index (χ3n) is 5.28. The molecule has 1 N–H and O–H groups in total. The molecule has 0 saturated heterocycles. The smallest absolute Gasteiger partial charge is 0.220 e. The van der Waals surface area contributed by atoms with Crippen molar-refractivity contribution >= 4 is 5.91 Å². The molecule has 2 aromatic rings. The van der Waals surface area contributed by atoms with Gasteiger partial charge in [0.15, 0.2) is 0 Å². The highest BCUT2D eigenvalue weighted by atomic mass is 19.1. The zero-order chi connectivity index (χ0) is 17.9. The van der Waals surface area contributed by atoms with Crippen LogP contribution in [0.3, 0.4) is 0 Å². The number of nitrogens with one attached hydrogen (secondary N) is 1. The molecular weight excluding hydrogens is 331 g/mol. The van der Waals surface area contributed by atoms with Crippen molar-refractivity contribution in [3.63, 3.8) is 0 Å². The maximum atomic E-state index is 14.0. The maximum Gasteiger partial charge on any atom is 0.220 e. The number of amides is 1. The van der Waals surface area contributed by atoms with E-state index in [0.717, 1.165) is 30.8 Å². The third kappa shape index (κ3) is 4.12. The number of carbonyl (C=O) groups is 1. The Morgan fingerprint density at radius 3 is 2.92 bits per heavy atom. The number of halogens is 1. The normalized spacial score (nSPS) is 20.0. The monoisotopic (exact) mass is 356 g/mol. The van der Waals surface area contributed by atoms with E-state index in [4.69, 9.17) is 0 Å². The summed E-state index contributed by atoms with van der Waals surface area (Å²) in [5.41, 5.74) is 1.86. The topological polar surface area (TPSA) is 50.2 Å². The average molecular weight is 356 g/mol. The van der Waals surface area contributed by atoms with Crippen LogP contribution in [0.1, 0.15) is 43.0 Å². The maximum absolute atomic E-state index is 14.0. The Labute approximate surface area is 153 Å². The van der Waals surface area contributed by atoms with Crippen molar-refractivity contribution in [3.05, 3.63) is 53.6 Å². The van der Waals surface area contributed by atoms with Crippen LogP contribution in [0, 0.1) is 11.7 Å². The van der Waals surface area contributed by atoms with Gasteiger partial charge in [-0.25, -0.2) is 4.39 Å². The molecular formula is C20H25FN4O. The van der Waals surface area contributed by atoms with Crippen LogP contribution in [0.4, 0.5) is 4.39 Å². The van der Waals surface area contributed by atoms with E-state index in [1.54, 1.807) is 6.07 Å². The Balaban J connectivity index is 1.36. The molecule has 1 aliphatic carbocycles. The number of aromatic nitrogens is 2. The second kappa shape index (κ2) is 7.58. The lowest BCUT2D eigenvalue weighted by molar-refractivity contribution is -0.121. The van der Waals surface area contributed by atoms with Crippen molar-refractivity contribution in [2.45, 2.75) is 44.8 Å². The second-order valence-electron chi connectivity index (χ2n) is 7.47. The number of hydrogen-bond acceptors (Lipinski definition) is 3. The quantitative estimate of drug-likeness (QED) is 0.830. The van der Waals surface area contributed by atoms with Gasteiger partial charge >= 0.3 is 0 Å². The molecule has 2 aliphatic rings. The summed E-state index contributed by atoms with van der Waals surface area (Å²) in [5.74, 6) is 0.612. The predicted octanol–water partition coefficient (Wildman–Crippen LogP) is 2.89. The van der Waals surface area contributed by atoms with Crippen LogP contribution in [-0.2, 0) is 17.9 Å². The second-order valence-corrected chi connectivity index (χ2v) is 7.47. The molecule has 1 fully saturated rings.